The Hall–Kier alpha value is -1.90. The van der Waals surface area contributed by atoms with E-state index >= 15 is 0 Å². The van der Waals surface area contributed by atoms with Crippen molar-refractivity contribution in [2.24, 2.45) is 0 Å². The Kier molecular flexibility index (Phi) is 8.80. The molecule has 2 heteroatoms. The molecule has 0 aliphatic heterocycles. The van der Waals surface area contributed by atoms with Crippen LogP contribution in [-0.4, -0.2) is 37.1 Å². The highest BCUT2D eigenvalue weighted by atomic mass is 15.2. The van der Waals surface area contributed by atoms with Gasteiger partial charge in [0.2, 0.25) is 0 Å². The number of nitrogens with zero attached hydrogens (tertiary/aromatic N) is 1. The normalized spacial score (nSPS) is 15.2. The molecule has 1 saturated carbocycles. The van der Waals surface area contributed by atoms with Gasteiger partial charge in [-0.05, 0) is 36.9 Å². The van der Waals surface area contributed by atoms with Crippen LogP contribution in [0.3, 0.4) is 0 Å². The van der Waals surface area contributed by atoms with Gasteiger partial charge in [-0.25, -0.2) is 0 Å². The molecule has 1 fully saturated rings. The highest BCUT2D eigenvalue weighted by molar-refractivity contribution is 5.32. The van der Waals surface area contributed by atoms with Gasteiger partial charge in [0, 0.05) is 31.6 Å². The highest BCUT2D eigenvalue weighted by Gasteiger charge is 2.19. The maximum absolute atomic E-state index is 3.97. The first-order chi connectivity index (χ1) is 13.9. The van der Waals surface area contributed by atoms with Gasteiger partial charge in [-0.15, -0.1) is 6.58 Å². The lowest BCUT2D eigenvalue weighted by molar-refractivity contribution is 0.173. The Labute approximate surface area is 171 Å². The molecule has 2 nitrogen and oxygen atoms in total. The van der Waals surface area contributed by atoms with Crippen LogP contribution in [0.2, 0.25) is 0 Å². The molecule has 150 valence electrons. The van der Waals surface area contributed by atoms with Crippen molar-refractivity contribution in [3.8, 4) is 0 Å². The molecule has 1 aliphatic rings. The summed E-state index contributed by atoms with van der Waals surface area (Å²) < 4.78 is 0. The maximum Gasteiger partial charge on any atom is 0.0164 e. The number of rotatable bonds is 11. The predicted molar refractivity (Wildman–Crippen MR) is 121 cm³/mol. The SMILES string of the molecule is C=CCN(CCNCCC(c1ccccc1)c1ccccc1)C1CCCCC1. The Morgan fingerprint density at radius 1 is 0.893 bits per heavy atom. The molecule has 0 atom stereocenters. The lowest BCUT2D eigenvalue weighted by Gasteiger charge is -2.33. The first kappa shape index (κ1) is 20.8. The molecule has 0 heterocycles. The van der Waals surface area contributed by atoms with Crippen molar-refractivity contribution in [1.29, 1.82) is 0 Å². The monoisotopic (exact) mass is 376 g/mol. The molecule has 0 amide bonds. The number of benzene rings is 2. The van der Waals surface area contributed by atoms with E-state index in [9.17, 15) is 0 Å². The molecular weight excluding hydrogens is 340 g/mol. The standard InChI is InChI=1S/C26H36N2/c1-2-21-28(25-16-10-5-11-17-25)22-20-27-19-18-26(23-12-6-3-7-13-23)24-14-8-4-9-15-24/h2-4,6-9,12-15,25-27H,1,5,10-11,16-22H2. The molecule has 0 spiro atoms. The smallest absolute Gasteiger partial charge is 0.0164 e. The van der Waals surface area contributed by atoms with Crippen molar-refractivity contribution in [2.45, 2.75) is 50.5 Å². The summed E-state index contributed by atoms with van der Waals surface area (Å²) in [6.07, 6.45) is 10.1. The van der Waals surface area contributed by atoms with Crippen LogP contribution < -0.4 is 5.32 Å². The topological polar surface area (TPSA) is 15.3 Å². The van der Waals surface area contributed by atoms with Gasteiger partial charge in [-0.1, -0.05) is 86.0 Å². The van der Waals surface area contributed by atoms with Gasteiger partial charge in [0.25, 0.3) is 0 Å². The number of hydrogen-bond donors (Lipinski definition) is 1. The van der Waals surface area contributed by atoms with Crippen LogP contribution in [-0.2, 0) is 0 Å². The molecule has 0 bridgehead atoms. The van der Waals surface area contributed by atoms with Crippen LogP contribution >= 0.6 is 0 Å². The number of hydrogen-bond acceptors (Lipinski definition) is 2. The zero-order chi connectivity index (χ0) is 19.4. The van der Waals surface area contributed by atoms with E-state index < -0.39 is 0 Å². The van der Waals surface area contributed by atoms with Crippen LogP contribution in [0, 0.1) is 0 Å². The van der Waals surface area contributed by atoms with Crippen molar-refractivity contribution in [2.75, 3.05) is 26.2 Å². The van der Waals surface area contributed by atoms with E-state index in [1.165, 1.54) is 43.2 Å². The minimum absolute atomic E-state index is 0.456. The Morgan fingerprint density at radius 3 is 2.07 bits per heavy atom. The van der Waals surface area contributed by atoms with Crippen LogP contribution in [0.4, 0.5) is 0 Å². The van der Waals surface area contributed by atoms with Gasteiger partial charge in [-0.3, -0.25) is 4.90 Å². The molecule has 28 heavy (non-hydrogen) atoms. The zero-order valence-electron chi connectivity index (χ0n) is 17.2. The summed E-state index contributed by atoms with van der Waals surface area (Å²) in [4.78, 5) is 2.63. The molecule has 1 aliphatic carbocycles. The van der Waals surface area contributed by atoms with Crippen molar-refractivity contribution < 1.29 is 0 Å². The highest BCUT2D eigenvalue weighted by Crippen LogP contribution is 2.27. The van der Waals surface area contributed by atoms with Gasteiger partial charge in [0.05, 0.1) is 0 Å². The van der Waals surface area contributed by atoms with Crippen LogP contribution in [0.25, 0.3) is 0 Å². The average Bonchev–Trinajstić information content (AvgIpc) is 2.77. The van der Waals surface area contributed by atoms with Gasteiger partial charge >= 0.3 is 0 Å². The fourth-order valence-electron chi connectivity index (χ4n) is 4.53. The average molecular weight is 377 g/mol. The van der Waals surface area contributed by atoms with E-state index in [0.717, 1.165) is 38.6 Å². The molecule has 0 aromatic heterocycles. The molecule has 2 aromatic rings. The van der Waals surface area contributed by atoms with Gasteiger partial charge in [0.1, 0.15) is 0 Å². The summed E-state index contributed by atoms with van der Waals surface area (Å²) in [5.41, 5.74) is 2.82. The fourth-order valence-corrected chi connectivity index (χ4v) is 4.53. The fraction of sp³-hybridized carbons (Fsp3) is 0.462. The van der Waals surface area contributed by atoms with Gasteiger partial charge in [-0.2, -0.15) is 0 Å². The third kappa shape index (κ3) is 6.32. The second kappa shape index (κ2) is 11.8. The Bertz CT molecular complexity index is 622. The Morgan fingerprint density at radius 2 is 1.50 bits per heavy atom. The summed E-state index contributed by atoms with van der Waals surface area (Å²) in [6, 6.07) is 22.6. The summed E-state index contributed by atoms with van der Waals surface area (Å²) in [7, 11) is 0. The third-order valence-electron chi connectivity index (χ3n) is 6.04. The van der Waals surface area contributed by atoms with E-state index in [4.69, 9.17) is 0 Å². The lowest BCUT2D eigenvalue weighted by Crippen LogP contribution is -2.41. The second-order valence-electron chi connectivity index (χ2n) is 7.99. The van der Waals surface area contributed by atoms with Crippen molar-refractivity contribution >= 4 is 0 Å². The first-order valence-electron chi connectivity index (χ1n) is 11.0. The Balaban J connectivity index is 1.49. The maximum atomic E-state index is 3.97. The molecule has 0 saturated heterocycles. The quantitative estimate of drug-likeness (QED) is 0.404. The number of nitrogens with one attached hydrogen (secondary N) is 1. The summed E-state index contributed by atoms with van der Waals surface area (Å²) >= 11 is 0. The van der Waals surface area contributed by atoms with Gasteiger partial charge in [0.15, 0.2) is 0 Å². The van der Waals surface area contributed by atoms with Crippen LogP contribution in [0.15, 0.2) is 73.3 Å². The molecule has 0 unspecified atom stereocenters. The molecule has 2 aromatic carbocycles. The van der Waals surface area contributed by atoms with Crippen molar-refractivity contribution in [1.82, 2.24) is 10.2 Å². The third-order valence-corrected chi connectivity index (χ3v) is 6.04. The lowest BCUT2D eigenvalue weighted by atomic mass is 9.88. The van der Waals surface area contributed by atoms with E-state index in [0.29, 0.717) is 5.92 Å². The minimum Gasteiger partial charge on any atom is -0.315 e. The van der Waals surface area contributed by atoms with Crippen molar-refractivity contribution in [3.63, 3.8) is 0 Å². The summed E-state index contributed by atoms with van der Waals surface area (Å²) in [5.74, 6) is 0.456. The first-order valence-corrected chi connectivity index (χ1v) is 11.0. The van der Waals surface area contributed by atoms with Crippen LogP contribution in [0.1, 0.15) is 55.6 Å². The molecular formula is C26H36N2. The predicted octanol–water partition coefficient (Wildman–Crippen LogP) is 5.62. The minimum atomic E-state index is 0.456. The zero-order valence-corrected chi connectivity index (χ0v) is 17.2. The molecule has 0 radical (unpaired) electrons. The second-order valence-corrected chi connectivity index (χ2v) is 7.99. The van der Waals surface area contributed by atoms with E-state index in [-0.39, 0.29) is 0 Å². The van der Waals surface area contributed by atoms with E-state index in [2.05, 4.69) is 83.5 Å². The van der Waals surface area contributed by atoms with E-state index in [1.807, 2.05) is 0 Å². The van der Waals surface area contributed by atoms with Crippen LogP contribution in [0.5, 0.6) is 0 Å². The van der Waals surface area contributed by atoms with Crippen molar-refractivity contribution in [3.05, 3.63) is 84.4 Å². The van der Waals surface area contributed by atoms with E-state index in [1.54, 1.807) is 0 Å². The van der Waals surface area contributed by atoms with Gasteiger partial charge < -0.3 is 5.32 Å². The molecule has 3 rings (SSSR count). The summed E-state index contributed by atoms with van der Waals surface area (Å²) in [5, 5.41) is 3.71. The summed E-state index contributed by atoms with van der Waals surface area (Å²) in [6.45, 7) is 8.21. The largest absolute Gasteiger partial charge is 0.315 e. The molecule has 1 N–H and O–H groups in total.